The number of rotatable bonds is 2. The maximum Gasteiger partial charge on any atom is 0.240 e. The van der Waals surface area contributed by atoms with Crippen molar-refractivity contribution < 1.29 is 13.2 Å². The quantitative estimate of drug-likeness (QED) is 0.802. The van der Waals surface area contributed by atoms with E-state index in [1.165, 1.54) is 6.07 Å². The predicted molar refractivity (Wildman–Crippen MR) is 83.7 cm³/mol. The first-order valence-corrected chi connectivity index (χ1v) is 8.32. The van der Waals surface area contributed by atoms with Crippen molar-refractivity contribution in [1.29, 1.82) is 0 Å². The van der Waals surface area contributed by atoms with Gasteiger partial charge < -0.3 is 15.4 Å². The second-order valence-electron chi connectivity index (χ2n) is 6.71. The molecule has 1 aromatic rings. The van der Waals surface area contributed by atoms with Crippen LogP contribution < -0.4 is 15.8 Å². The lowest BCUT2D eigenvalue weighted by Gasteiger charge is -2.48. The van der Waals surface area contributed by atoms with Crippen molar-refractivity contribution in [3.63, 3.8) is 0 Å². The molecule has 7 heteroatoms. The van der Waals surface area contributed by atoms with Gasteiger partial charge >= 0.3 is 0 Å². The Morgan fingerprint density at radius 1 is 1.14 bits per heavy atom. The molecule has 1 heterocycles. The molecular weight excluding hydrogens is 290 g/mol. The van der Waals surface area contributed by atoms with E-state index >= 15 is 0 Å². The number of primary sulfonamides is 1. The zero-order valence-corrected chi connectivity index (χ0v) is 13.7. The normalized spacial score (nSPS) is 21.3. The van der Waals surface area contributed by atoms with Gasteiger partial charge in [0.15, 0.2) is 0 Å². The lowest BCUT2D eigenvalue weighted by molar-refractivity contribution is -0.133. The van der Waals surface area contributed by atoms with Crippen molar-refractivity contribution in [2.45, 2.75) is 43.8 Å². The fourth-order valence-corrected chi connectivity index (χ4v) is 3.69. The third-order valence-corrected chi connectivity index (χ3v) is 4.36. The van der Waals surface area contributed by atoms with E-state index in [0.29, 0.717) is 18.8 Å². The second kappa shape index (κ2) is 4.86. The molecule has 1 aromatic carbocycles. The van der Waals surface area contributed by atoms with E-state index in [4.69, 9.17) is 15.6 Å². The molecule has 21 heavy (non-hydrogen) atoms. The third kappa shape index (κ3) is 3.48. The molecule has 4 N–H and O–H groups in total. The van der Waals surface area contributed by atoms with E-state index in [-0.39, 0.29) is 21.8 Å². The highest BCUT2D eigenvalue weighted by atomic mass is 32.2. The average molecular weight is 313 g/mol. The van der Waals surface area contributed by atoms with Gasteiger partial charge in [-0.05, 0) is 39.8 Å². The van der Waals surface area contributed by atoms with Crippen LogP contribution in [0.2, 0.25) is 0 Å². The summed E-state index contributed by atoms with van der Waals surface area (Å²) in [7, 11) is -3.84. The number of nitrogen functional groups attached to an aromatic ring is 1. The van der Waals surface area contributed by atoms with E-state index in [2.05, 4.69) is 0 Å². The zero-order valence-electron chi connectivity index (χ0n) is 12.9. The van der Waals surface area contributed by atoms with Crippen LogP contribution in [0.3, 0.4) is 0 Å². The van der Waals surface area contributed by atoms with Crippen LogP contribution in [0.4, 0.5) is 11.4 Å². The van der Waals surface area contributed by atoms with Gasteiger partial charge in [-0.25, -0.2) is 13.6 Å². The summed E-state index contributed by atoms with van der Waals surface area (Å²) in [5, 5.41) is 5.21. The maximum absolute atomic E-state index is 11.6. The van der Waals surface area contributed by atoms with Crippen molar-refractivity contribution >= 4 is 21.4 Å². The standard InChI is InChI=1S/C14H23N3O3S/c1-13(2)8-17(9-14(3,4)20-13)10-6-5-7-11(12(10)15)21(16,18)19/h5-7H,8-9,15H2,1-4H3,(H2,16,18,19). The largest absolute Gasteiger partial charge is 0.396 e. The zero-order chi connectivity index (χ0) is 16.1. The van der Waals surface area contributed by atoms with E-state index in [1.54, 1.807) is 6.07 Å². The van der Waals surface area contributed by atoms with Crippen LogP contribution in [0.1, 0.15) is 27.7 Å². The summed E-state index contributed by atoms with van der Waals surface area (Å²) >= 11 is 0. The third-order valence-electron chi connectivity index (χ3n) is 3.39. The van der Waals surface area contributed by atoms with Crippen LogP contribution in [0.15, 0.2) is 23.1 Å². The predicted octanol–water partition coefficient (Wildman–Crippen LogP) is 1.31. The van der Waals surface area contributed by atoms with Crippen LogP contribution in [0.25, 0.3) is 0 Å². The van der Waals surface area contributed by atoms with Gasteiger partial charge in [0.1, 0.15) is 4.90 Å². The molecule has 0 amide bonds. The number of hydrogen-bond acceptors (Lipinski definition) is 5. The second-order valence-corrected chi connectivity index (χ2v) is 8.24. The molecule has 0 spiro atoms. The Kier molecular flexibility index (Phi) is 3.72. The number of sulfonamides is 1. The van der Waals surface area contributed by atoms with Gasteiger partial charge in [-0.1, -0.05) is 6.07 Å². The molecule has 1 aliphatic heterocycles. The van der Waals surface area contributed by atoms with Crippen molar-refractivity contribution in [3.8, 4) is 0 Å². The van der Waals surface area contributed by atoms with E-state index in [9.17, 15) is 8.42 Å². The minimum absolute atomic E-state index is 0.0397. The molecule has 0 atom stereocenters. The van der Waals surface area contributed by atoms with Gasteiger partial charge in [0.25, 0.3) is 0 Å². The Bertz CT molecular complexity index is 637. The Hall–Kier alpha value is -1.31. The summed E-state index contributed by atoms with van der Waals surface area (Å²) in [4.78, 5) is 2.01. The summed E-state index contributed by atoms with van der Waals surface area (Å²) in [6.07, 6.45) is 0. The Morgan fingerprint density at radius 3 is 2.14 bits per heavy atom. The van der Waals surface area contributed by atoms with Gasteiger partial charge in [-0.15, -0.1) is 0 Å². The van der Waals surface area contributed by atoms with Crippen LogP contribution >= 0.6 is 0 Å². The number of anilines is 2. The van der Waals surface area contributed by atoms with Crippen LogP contribution in [-0.4, -0.2) is 32.7 Å². The van der Waals surface area contributed by atoms with Crippen molar-refractivity contribution in [1.82, 2.24) is 0 Å². The molecule has 0 aromatic heterocycles. The molecule has 0 unspecified atom stereocenters. The SMILES string of the molecule is CC1(C)CN(c2cccc(S(N)(=O)=O)c2N)CC(C)(C)O1. The fraction of sp³-hybridized carbons (Fsp3) is 0.571. The highest BCUT2D eigenvalue weighted by Gasteiger charge is 2.39. The molecular formula is C14H23N3O3S. The minimum Gasteiger partial charge on any atom is -0.396 e. The highest BCUT2D eigenvalue weighted by molar-refractivity contribution is 7.89. The Labute approximate surface area is 126 Å². The molecule has 0 aliphatic carbocycles. The lowest BCUT2D eigenvalue weighted by Crippen LogP contribution is -2.57. The maximum atomic E-state index is 11.6. The number of morpholine rings is 1. The van der Waals surface area contributed by atoms with E-state index in [1.807, 2.05) is 38.7 Å². The molecule has 6 nitrogen and oxygen atoms in total. The topological polar surface area (TPSA) is 98.7 Å². The van der Waals surface area contributed by atoms with Crippen LogP contribution in [0, 0.1) is 0 Å². The van der Waals surface area contributed by atoms with Crippen molar-refractivity contribution in [2.24, 2.45) is 5.14 Å². The molecule has 1 fully saturated rings. The van der Waals surface area contributed by atoms with E-state index < -0.39 is 10.0 Å². The Morgan fingerprint density at radius 2 is 1.67 bits per heavy atom. The first-order chi connectivity index (χ1) is 9.41. The number of benzene rings is 1. The van der Waals surface area contributed by atoms with Crippen LogP contribution in [-0.2, 0) is 14.8 Å². The molecule has 1 aliphatic rings. The lowest BCUT2D eigenvalue weighted by atomic mass is 9.98. The number of nitrogens with zero attached hydrogens (tertiary/aromatic N) is 1. The smallest absolute Gasteiger partial charge is 0.240 e. The van der Waals surface area contributed by atoms with Gasteiger partial charge in [-0.3, -0.25) is 0 Å². The number of ether oxygens (including phenoxy) is 1. The number of para-hydroxylation sites is 1. The highest BCUT2D eigenvalue weighted by Crippen LogP contribution is 2.36. The number of hydrogen-bond donors (Lipinski definition) is 2. The first kappa shape index (κ1) is 16.1. The van der Waals surface area contributed by atoms with Crippen molar-refractivity contribution in [3.05, 3.63) is 18.2 Å². The molecule has 118 valence electrons. The first-order valence-electron chi connectivity index (χ1n) is 6.78. The van der Waals surface area contributed by atoms with Crippen LogP contribution in [0.5, 0.6) is 0 Å². The van der Waals surface area contributed by atoms with Crippen molar-refractivity contribution in [2.75, 3.05) is 23.7 Å². The summed E-state index contributed by atoms with van der Waals surface area (Å²) in [6.45, 7) is 9.24. The molecule has 0 radical (unpaired) electrons. The van der Waals surface area contributed by atoms with Gasteiger partial charge in [-0.2, -0.15) is 0 Å². The minimum atomic E-state index is -3.84. The number of nitrogens with two attached hydrogens (primary N) is 2. The van der Waals surface area contributed by atoms with E-state index in [0.717, 1.165) is 0 Å². The summed E-state index contributed by atoms with van der Waals surface area (Å²) < 4.78 is 29.2. The fourth-order valence-electron chi connectivity index (χ4n) is 3.01. The van der Waals surface area contributed by atoms with Gasteiger partial charge in [0, 0.05) is 13.1 Å². The van der Waals surface area contributed by atoms with Gasteiger partial charge in [0.2, 0.25) is 10.0 Å². The average Bonchev–Trinajstić information content (AvgIpc) is 2.23. The summed E-state index contributed by atoms with van der Waals surface area (Å²) in [5.41, 5.74) is 6.19. The molecule has 0 saturated carbocycles. The summed E-state index contributed by atoms with van der Waals surface area (Å²) in [6, 6.07) is 4.88. The summed E-state index contributed by atoms with van der Waals surface area (Å²) in [5.74, 6) is 0. The Balaban J connectivity index is 2.48. The monoisotopic (exact) mass is 313 g/mol. The molecule has 2 rings (SSSR count). The van der Waals surface area contributed by atoms with Gasteiger partial charge in [0.05, 0.1) is 22.6 Å². The molecule has 0 bridgehead atoms. The molecule has 1 saturated heterocycles.